The molecule has 18 heavy (non-hydrogen) atoms. The van der Waals surface area contributed by atoms with Crippen LogP contribution in [-0.4, -0.2) is 37.5 Å². The average Bonchev–Trinajstić information content (AvgIpc) is 2.77. The van der Waals surface area contributed by atoms with Crippen molar-refractivity contribution in [3.05, 3.63) is 22.7 Å². The lowest BCUT2D eigenvalue weighted by Crippen LogP contribution is -2.29. The summed E-state index contributed by atoms with van der Waals surface area (Å²) in [5, 5.41) is 9.06. The number of hydrogen-bond donors (Lipinski definition) is 2. The van der Waals surface area contributed by atoms with Crippen LogP contribution in [0.4, 0.5) is 5.69 Å². The maximum absolute atomic E-state index is 12.4. The van der Waals surface area contributed by atoms with Crippen molar-refractivity contribution in [1.29, 1.82) is 0 Å². The van der Waals surface area contributed by atoms with Gasteiger partial charge in [-0.1, -0.05) is 15.9 Å². The van der Waals surface area contributed by atoms with E-state index >= 15 is 0 Å². The van der Waals surface area contributed by atoms with Crippen molar-refractivity contribution in [1.82, 2.24) is 4.31 Å². The second-order valence-electron chi connectivity index (χ2n) is 4.38. The summed E-state index contributed by atoms with van der Waals surface area (Å²) in [6, 6.07) is 4.73. The van der Waals surface area contributed by atoms with E-state index in [0.29, 0.717) is 19.5 Å². The Labute approximate surface area is 115 Å². The number of halogens is 1. The van der Waals surface area contributed by atoms with Crippen LogP contribution in [-0.2, 0) is 10.0 Å². The van der Waals surface area contributed by atoms with Gasteiger partial charge in [0.15, 0.2) is 0 Å². The Morgan fingerprint density at radius 3 is 2.78 bits per heavy atom. The summed E-state index contributed by atoms with van der Waals surface area (Å²) in [6.07, 6.45) is 0.687. The van der Waals surface area contributed by atoms with E-state index in [2.05, 4.69) is 15.9 Å². The summed E-state index contributed by atoms with van der Waals surface area (Å²) in [5.41, 5.74) is 5.99. The van der Waals surface area contributed by atoms with Gasteiger partial charge in [0.05, 0.1) is 5.69 Å². The van der Waals surface area contributed by atoms with Gasteiger partial charge in [-0.3, -0.25) is 0 Å². The fourth-order valence-electron chi connectivity index (χ4n) is 2.06. The van der Waals surface area contributed by atoms with E-state index in [1.54, 1.807) is 12.1 Å². The van der Waals surface area contributed by atoms with E-state index < -0.39 is 10.0 Å². The molecule has 0 aromatic heterocycles. The number of nitrogens with zero attached hydrogens (tertiary/aromatic N) is 1. The molecule has 1 aliphatic heterocycles. The highest BCUT2D eigenvalue weighted by Crippen LogP contribution is 2.29. The first-order chi connectivity index (χ1) is 8.45. The van der Waals surface area contributed by atoms with Gasteiger partial charge in [-0.05, 0) is 30.5 Å². The predicted molar refractivity (Wildman–Crippen MR) is 72.5 cm³/mol. The van der Waals surface area contributed by atoms with Gasteiger partial charge in [0.1, 0.15) is 4.90 Å². The molecule has 100 valence electrons. The van der Waals surface area contributed by atoms with Gasteiger partial charge in [0, 0.05) is 24.2 Å². The molecule has 0 radical (unpaired) electrons. The molecule has 1 aliphatic rings. The zero-order valence-corrected chi connectivity index (χ0v) is 12.1. The Kier molecular flexibility index (Phi) is 3.96. The summed E-state index contributed by atoms with van der Waals surface area (Å²) in [6.45, 7) is 0.805. The minimum absolute atomic E-state index is 0.0157. The van der Waals surface area contributed by atoms with E-state index in [1.165, 1.54) is 10.4 Å². The monoisotopic (exact) mass is 334 g/mol. The molecular formula is C11H15BrN2O3S. The van der Waals surface area contributed by atoms with Crippen LogP contribution < -0.4 is 5.73 Å². The van der Waals surface area contributed by atoms with Crippen LogP contribution in [0.5, 0.6) is 0 Å². The molecule has 7 heteroatoms. The standard InChI is InChI=1S/C11H15BrN2O3S/c12-9-1-2-11(10(13)5-9)18(16,17)14-4-3-8(6-14)7-15/h1-2,5,8,15H,3-4,6-7,13H2. The maximum atomic E-state index is 12.4. The number of aliphatic hydroxyl groups excluding tert-OH is 1. The number of aliphatic hydroxyl groups is 1. The highest BCUT2D eigenvalue weighted by Gasteiger charge is 2.33. The number of benzene rings is 1. The lowest BCUT2D eigenvalue weighted by atomic mass is 10.1. The molecule has 0 aliphatic carbocycles. The maximum Gasteiger partial charge on any atom is 0.245 e. The Hall–Kier alpha value is -0.630. The topological polar surface area (TPSA) is 83.6 Å². The first kappa shape index (κ1) is 13.8. The highest BCUT2D eigenvalue weighted by molar-refractivity contribution is 9.10. The fraction of sp³-hybridized carbons (Fsp3) is 0.455. The van der Waals surface area contributed by atoms with Gasteiger partial charge < -0.3 is 10.8 Å². The van der Waals surface area contributed by atoms with Gasteiger partial charge in [-0.15, -0.1) is 0 Å². The van der Waals surface area contributed by atoms with Gasteiger partial charge in [-0.2, -0.15) is 4.31 Å². The molecule has 0 spiro atoms. The number of rotatable bonds is 3. The van der Waals surface area contributed by atoms with Crippen LogP contribution in [0.2, 0.25) is 0 Å². The molecular weight excluding hydrogens is 320 g/mol. The summed E-state index contributed by atoms with van der Waals surface area (Å²) in [7, 11) is -3.55. The van der Waals surface area contributed by atoms with E-state index in [4.69, 9.17) is 10.8 Å². The van der Waals surface area contributed by atoms with Crippen molar-refractivity contribution in [2.45, 2.75) is 11.3 Å². The quantitative estimate of drug-likeness (QED) is 0.809. The van der Waals surface area contributed by atoms with Gasteiger partial charge in [0.2, 0.25) is 10.0 Å². The molecule has 1 atom stereocenters. The third-order valence-electron chi connectivity index (χ3n) is 3.10. The summed E-state index contributed by atoms with van der Waals surface area (Å²) in [4.78, 5) is 0.129. The Bertz CT molecular complexity index is 547. The van der Waals surface area contributed by atoms with Crippen LogP contribution in [0.15, 0.2) is 27.6 Å². The first-order valence-electron chi connectivity index (χ1n) is 5.61. The van der Waals surface area contributed by atoms with Crippen LogP contribution in [0, 0.1) is 5.92 Å². The third kappa shape index (κ3) is 2.54. The zero-order valence-electron chi connectivity index (χ0n) is 9.71. The van der Waals surface area contributed by atoms with Crippen molar-refractivity contribution in [2.75, 3.05) is 25.4 Å². The Morgan fingerprint density at radius 2 is 2.22 bits per heavy atom. The lowest BCUT2D eigenvalue weighted by molar-refractivity contribution is 0.233. The number of hydrogen-bond acceptors (Lipinski definition) is 4. The molecule has 0 amide bonds. The van der Waals surface area contributed by atoms with Crippen molar-refractivity contribution >= 4 is 31.6 Å². The van der Waals surface area contributed by atoms with Crippen LogP contribution in [0.3, 0.4) is 0 Å². The van der Waals surface area contributed by atoms with Gasteiger partial charge in [-0.25, -0.2) is 8.42 Å². The van der Waals surface area contributed by atoms with E-state index in [9.17, 15) is 8.42 Å². The van der Waals surface area contributed by atoms with E-state index in [-0.39, 0.29) is 23.1 Å². The molecule has 1 saturated heterocycles. The van der Waals surface area contributed by atoms with Crippen LogP contribution >= 0.6 is 15.9 Å². The molecule has 0 bridgehead atoms. The van der Waals surface area contributed by atoms with E-state index in [1.807, 2.05) is 0 Å². The van der Waals surface area contributed by atoms with Crippen molar-refractivity contribution in [3.63, 3.8) is 0 Å². The van der Waals surface area contributed by atoms with E-state index in [0.717, 1.165) is 4.47 Å². The first-order valence-corrected chi connectivity index (χ1v) is 7.84. The number of nitrogen functional groups attached to an aromatic ring is 1. The summed E-state index contributed by atoms with van der Waals surface area (Å²) >= 11 is 3.25. The number of anilines is 1. The molecule has 1 aromatic rings. The van der Waals surface area contributed by atoms with Gasteiger partial charge in [0.25, 0.3) is 0 Å². The fourth-order valence-corrected chi connectivity index (χ4v) is 4.06. The molecule has 1 unspecified atom stereocenters. The zero-order chi connectivity index (χ0) is 13.3. The molecule has 3 N–H and O–H groups in total. The second kappa shape index (κ2) is 5.16. The minimum atomic E-state index is -3.55. The highest BCUT2D eigenvalue weighted by atomic mass is 79.9. The Balaban J connectivity index is 2.31. The second-order valence-corrected chi connectivity index (χ2v) is 7.20. The minimum Gasteiger partial charge on any atom is -0.398 e. The molecule has 1 heterocycles. The number of sulfonamides is 1. The molecule has 1 aromatic carbocycles. The number of nitrogens with two attached hydrogens (primary N) is 1. The smallest absolute Gasteiger partial charge is 0.245 e. The largest absolute Gasteiger partial charge is 0.398 e. The van der Waals surface area contributed by atoms with Crippen molar-refractivity contribution in [2.24, 2.45) is 5.92 Å². The third-order valence-corrected chi connectivity index (χ3v) is 5.53. The molecule has 1 fully saturated rings. The Morgan fingerprint density at radius 1 is 1.50 bits per heavy atom. The van der Waals surface area contributed by atoms with Gasteiger partial charge >= 0.3 is 0 Å². The van der Waals surface area contributed by atoms with Crippen LogP contribution in [0.1, 0.15) is 6.42 Å². The lowest BCUT2D eigenvalue weighted by Gasteiger charge is -2.17. The predicted octanol–water partition coefficient (Wildman–Crippen LogP) is 1.03. The van der Waals surface area contributed by atoms with Crippen LogP contribution in [0.25, 0.3) is 0 Å². The summed E-state index contributed by atoms with van der Waals surface area (Å²) < 4.78 is 26.9. The SMILES string of the molecule is Nc1cc(Br)ccc1S(=O)(=O)N1CCC(CO)C1. The average molecular weight is 335 g/mol. The molecule has 0 saturated carbocycles. The van der Waals surface area contributed by atoms with Crippen molar-refractivity contribution < 1.29 is 13.5 Å². The molecule has 5 nitrogen and oxygen atoms in total. The normalized spacial score (nSPS) is 21.3. The van der Waals surface area contributed by atoms with Crippen molar-refractivity contribution in [3.8, 4) is 0 Å². The molecule has 2 rings (SSSR count). The summed E-state index contributed by atoms with van der Waals surface area (Å²) in [5.74, 6) is 0.0245.